The first-order valence-electron chi connectivity index (χ1n) is 10.1. The fraction of sp³-hybridized carbons (Fsp3) is 0.571. The first kappa shape index (κ1) is 23.0. The van der Waals surface area contributed by atoms with Crippen LogP contribution >= 0.6 is 11.6 Å². The van der Waals surface area contributed by atoms with E-state index in [-0.39, 0.29) is 17.2 Å². The van der Waals surface area contributed by atoms with Crippen LogP contribution in [0.15, 0.2) is 29.3 Å². The molecular weight excluding hydrogens is 390 g/mol. The normalized spacial score (nSPS) is 15.7. The highest BCUT2D eigenvalue weighted by atomic mass is 35.5. The van der Waals surface area contributed by atoms with Gasteiger partial charge in [0.05, 0.1) is 5.41 Å². The third kappa shape index (κ3) is 6.92. The van der Waals surface area contributed by atoms with Crippen molar-refractivity contribution in [1.29, 1.82) is 0 Å². The van der Waals surface area contributed by atoms with Gasteiger partial charge in [-0.05, 0) is 43.5 Å². The molecule has 0 atom stereocenters. The summed E-state index contributed by atoms with van der Waals surface area (Å²) in [5.74, 6) is 0.788. The summed E-state index contributed by atoms with van der Waals surface area (Å²) >= 11 is 5.84. The Morgan fingerprint density at radius 2 is 1.79 bits per heavy atom. The number of aliphatic imine (C=N–C) groups is 1. The topological polar surface area (TPSA) is 85.8 Å². The highest BCUT2D eigenvalue weighted by molar-refractivity contribution is 6.30. The minimum atomic E-state index is -0.348. The average molecular weight is 422 g/mol. The maximum Gasteiger partial charge on any atom is 0.230 e. The van der Waals surface area contributed by atoms with Gasteiger partial charge >= 0.3 is 0 Å². The lowest BCUT2D eigenvalue weighted by Crippen LogP contribution is -2.49. The molecule has 2 amide bonds. The lowest BCUT2D eigenvalue weighted by Gasteiger charge is -2.31. The van der Waals surface area contributed by atoms with E-state index in [2.05, 4.69) is 20.9 Å². The Balaban J connectivity index is 1.72. The third-order valence-corrected chi connectivity index (χ3v) is 5.49. The van der Waals surface area contributed by atoms with Crippen LogP contribution in [0.3, 0.4) is 0 Å². The number of nitrogens with zero attached hydrogens (tertiary/aromatic N) is 2. The van der Waals surface area contributed by atoms with Crippen molar-refractivity contribution in [3.63, 3.8) is 0 Å². The molecule has 1 aromatic rings. The van der Waals surface area contributed by atoms with Gasteiger partial charge in [-0.1, -0.05) is 24.4 Å². The number of amides is 2. The number of carbonyl (C=O) groups is 2. The van der Waals surface area contributed by atoms with Gasteiger partial charge in [-0.25, -0.2) is 0 Å². The van der Waals surface area contributed by atoms with Crippen molar-refractivity contribution in [2.45, 2.75) is 38.5 Å². The molecule has 1 saturated carbocycles. The van der Waals surface area contributed by atoms with Crippen molar-refractivity contribution >= 4 is 35.1 Å². The minimum Gasteiger partial charge on any atom is -0.356 e. The molecule has 0 saturated heterocycles. The van der Waals surface area contributed by atoms with Gasteiger partial charge in [-0.2, -0.15) is 0 Å². The van der Waals surface area contributed by atoms with E-state index in [0.717, 1.165) is 31.4 Å². The van der Waals surface area contributed by atoms with Crippen molar-refractivity contribution in [2.24, 2.45) is 10.4 Å². The first-order chi connectivity index (χ1) is 13.9. The van der Waals surface area contributed by atoms with Crippen LogP contribution < -0.4 is 16.0 Å². The number of guanidine groups is 1. The number of benzene rings is 1. The van der Waals surface area contributed by atoms with Gasteiger partial charge < -0.3 is 20.9 Å². The second-order valence-electron chi connectivity index (χ2n) is 7.70. The molecule has 0 radical (unpaired) electrons. The number of nitrogens with one attached hydrogen (secondary N) is 3. The molecule has 0 spiro atoms. The Hall–Kier alpha value is -2.28. The molecular formula is C21H32ClN5O2. The zero-order valence-electron chi connectivity index (χ0n) is 17.6. The van der Waals surface area contributed by atoms with Gasteiger partial charge in [0.15, 0.2) is 5.96 Å². The fourth-order valence-corrected chi connectivity index (χ4v) is 3.80. The summed E-state index contributed by atoms with van der Waals surface area (Å²) in [5.41, 5.74) is 0.386. The predicted octanol–water partition coefficient (Wildman–Crippen LogP) is 2.87. The van der Waals surface area contributed by atoms with Crippen LogP contribution in [0.4, 0.5) is 5.69 Å². The van der Waals surface area contributed by atoms with Crippen molar-refractivity contribution in [3.05, 3.63) is 29.3 Å². The quantitative estimate of drug-likeness (QED) is 0.342. The monoisotopic (exact) mass is 421 g/mol. The molecule has 2 rings (SSSR count). The maximum absolute atomic E-state index is 12.6. The molecule has 29 heavy (non-hydrogen) atoms. The molecule has 0 aromatic heterocycles. The Bertz CT molecular complexity index is 712. The zero-order chi connectivity index (χ0) is 21.3. The number of halogens is 1. The molecule has 7 nitrogen and oxygen atoms in total. The molecule has 0 heterocycles. The molecule has 0 aliphatic heterocycles. The van der Waals surface area contributed by atoms with Crippen LogP contribution in [0.1, 0.15) is 38.5 Å². The number of hydrogen-bond acceptors (Lipinski definition) is 3. The van der Waals surface area contributed by atoms with Gasteiger partial charge in [-0.15, -0.1) is 0 Å². The summed E-state index contributed by atoms with van der Waals surface area (Å²) in [6, 6.07) is 7.04. The summed E-state index contributed by atoms with van der Waals surface area (Å²) in [7, 11) is 5.33. The Labute approximate surface area is 178 Å². The Kier molecular flexibility index (Phi) is 8.76. The van der Waals surface area contributed by atoms with Gasteiger partial charge in [0.25, 0.3) is 0 Å². The summed E-state index contributed by atoms with van der Waals surface area (Å²) in [6.45, 7) is 1.18. The smallest absolute Gasteiger partial charge is 0.230 e. The minimum absolute atomic E-state index is 0.0430. The number of carbonyl (C=O) groups excluding carboxylic acids is 2. The molecule has 0 unspecified atom stereocenters. The second kappa shape index (κ2) is 11.0. The molecule has 1 aliphatic rings. The van der Waals surface area contributed by atoms with E-state index in [0.29, 0.717) is 36.9 Å². The summed E-state index contributed by atoms with van der Waals surface area (Å²) < 4.78 is 0. The van der Waals surface area contributed by atoms with Crippen molar-refractivity contribution < 1.29 is 9.59 Å². The summed E-state index contributed by atoms with van der Waals surface area (Å²) in [4.78, 5) is 30.6. The molecule has 1 fully saturated rings. The molecule has 160 valence electrons. The highest BCUT2D eigenvalue weighted by Crippen LogP contribution is 2.38. The summed E-state index contributed by atoms with van der Waals surface area (Å²) in [5, 5.41) is 10.0. The average Bonchev–Trinajstić information content (AvgIpc) is 3.18. The lowest BCUT2D eigenvalue weighted by atomic mass is 9.84. The van der Waals surface area contributed by atoms with E-state index in [4.69, 9.17) is 11.6 Å². The number of hydrogen-bond donors (Lipinski definition) is 3. The lowest BCUT2D eigenvalue weighted by molar-refractivity contribution is -0.138. The van der Waals surface area contributed by atoms with Crippen LogP contribution in [0.2, 0.25) is 5.02 Å². The zero-order valence-corrected chi connectivity index (χ0v) is 18.3. The van der Waals surface area contributed by atoms with Crippen molar-refractivity contribution in [1.82, 2.24) is 15.5 Å². The van der Waals surface area contributed by atoms with E-state index >= 15 is 0 Å². The van der Waals surface area contributed by atoms with Crippen LogP contribution in [0.25, 0.3) is 0 Å². The number of rotatable bonds is 8. The standard InChI is InChI=1S/C21H32ClN5O2/c1-23-20(25-15-21(12-4-5-13-21)19(29)27(2)3)24-14-6-7-18(28)26-17-10-8-16(22)9-11-17/h8-11H,4-7,12-15H2,1-3H3,(H,26,28)(H2,23,24,25). The van der Waals surface area contributed by atoms with E-state index in [1.165, 1.54) is 0 Å². The fourth-order valence-electron chi connectivity index (χ4n) is 3.68. The van der Waals surface area contributed by atoms with E-state index in [9.17, 15) is 9.59 Å². The number of anilines is 1. The van der Waals surface area contributed by atoms with Crippen LogP contribution in [-0.4, -0.2) is 56.9 Å². The van der Waals surface area contributed by atoms with Crippen molar-refractivity contribution in [2.75, 3.05) is 39.5 Å². The molecule has 0 bridgehead atoms. The predicted molar refractivity (Wildman–Crippen MR) is 118 cm³/mol. The summed E-state index contributed by atoms with van der Waals surface area (Å²) in [6.07, 6.45) is 5.03. The van der Waals surface area contributed by atoms with Gasteiger partial charge in [0.1, 0.15) is 0 Å². The van der Waals surface area contributed by atoms with E-state index < -0.39 is 0 Å². The largest absolute Gasteiger partial charge is 0.356 e. The van der Waals surface area contributed by atoms with Gasteiger partial charge in [-0.3, -0.25) is 14.6 Å². The SMILES string of the molecule is CN=C(NCCCC(=O)Nc1ccc(Cl)cc1)NCC1(C(=O)N(C)C)CCCC1. The molecule has 8 heteroatoms. The van der Waals surface area contributed by atoms with Crippen LogP contribution in [0.5, 0.6) is 0 Å². The first-order valence-corrected chi connectivity index (χ1v) is 10.5. The van der Waals surface area contributed by atoms with E-state index in [1.54, 1.807) is 36.2 Å². The molecule has 1 aliphatic carbocycles. The second-order valence-corrected chi connectivity index (χ2v) is 8.13. The highest BCUT2D eigenvalue weighted by Gasteiger charge is 2.42. The van der Waals surface area contributed by atoms with E-state index in [1.807, 2.05) is 14.1 Å². The van der Waals surface area contributed by atoms with Gasteiger partial charge in [0, 0.05) is 51.4 Å². The van der Waals surface area contributed by atoms with Crippen LogP contribution in [0, 0.1) is 5.41 Å². The van der Waals surface area contributed by atoms with Gasteiger partial charge in [0.2, 0.25) is 11.8 Å². The molecule has 1 aromatic carbocycles. The third-order valence-electron chi connectivity index (χ3n) is 5.24. The Morgan fingerprint density at radius 1 is 1.14 bits per heavy atom. The van der Waals surface area contributed by atoms with Crippen molar-refractivity contribution in [3.8, 4) is 0 Å². The maximum atomic E-state index is 12.6. The molecule has 3 N–H and O–H groups in total. The Morgan fingerprint density at radius 3 is 2.38 bits per heavy atom. The van der Waals surface area contributed by atoms with Crippen LogP contribution in [-0.2, 0) is 9.59 Å².